The third kappa shape index (κ3) is 2.85. The summed E-state index contributed by atoms with van der Waals surface area (Å²) in [6.07, 6.45) is 3.55. The van der Waals surface area contributed by atoms with Crippen molar-refractivity contribution in [3.8, 4) is 0 Å². The van der Waals surface area contributed by atoms with Crippen LogP contribution in [0.2, 0.25) is 5.02 Å². The predicted octanol–water partition coefficient (Wildman–Crippen LogP) is 3.15. The van der Waals surface area contributed by atoms with Crippen LogP contribution in [0.25, 0.3) is 0 Å². The van der Waals surface area contributed by atoms with Crippen molar-refractivity contribution in [2.75, 3.05) is 5.32 Å². The van der Waals surface area contributed by atoms with E-state index in [0.29, 0.717) is 5.69 Å². The second-order valence-electron chi connectivity index (χ2n) is 4.19. The van der Waals surface area contributed by atoms with Crippen LogP contribution in [0.3, 0.4) is 0 Å². The number of hydrogen-bond donors (Lipinski definition) is 1. The Bertz CT molecular complexity index is 612. The number of benzene rings is 1. The number of halogens is 1. The molecule has 2 aromatic rings. The first-order valence-corrected chi connectivity index (χ1v) is 6.04. The number of nitro groups is 1. The smallest absolute Gasteiger partial charge is 0.289 e. The Morgan fingerprint density at radius 3 is 2.84 bits per heavy atom. The standard InChI is InChI=1S/C12H13ClN4O2/c1-8(12-14-5-6-16(12)2)15-9-3-4-10(13)11(7-9)17(18)19/h3-8,15H,1-2H3. The predicted molar refractivity (Wildman–Crippen MR) is 73.4 cm³/mol. The molecule has 0 aliphatic heterocycles. The summed E-state index contributed by atoms with van der Waals surface area (Å²) in [7, 11) is 1.89. The first-order chi connectivity index (χ1) is 8.99. The molecule has 0 aliphatic rings. The van der Waals surface area contributed by atoms with Crippen molar-refractivity contribution in [3.63, 3.8) is 0 Å². The number of aryl methyl sites for hydroxylation is 1. The molecule has 0 fully saturated rings. The third-order valence-corrected chi connectivity index (χ3v) is 3.09. The van der Waals surface area contributed by atoms with Crippen LogP contribution >= 0.6 is 11.6 Å². The van der Waals surface area contributed by atoms with Gasteiger partial charge in [0.2, 0.25) is 0 Å². The zero-order chi connectivity index (χ0) is 14.0. The van der Waals surface area contributed by atoms with E-state index in [1.807, 2.05) is 24.7 Å². The molecule has 6 nitrogen and oxygen atoms in total. The van der Waals surface area contributed by atoms with Crippen LogP contribution in [0, 0.1) is 10.1 Å². The van der Waals surface area contributed by atoms with Gasteiger partial charge in [0.15, 0.2) is 0 Å². The fourth-order valence-corrected chi connectivity index (χ4v) is 2.04. The van der Waals surface area contributed by atoms with Gasteiger partial charge in [-0.3, -0.25) is 10.1 Å². The lowest BCUT2D eigenvalue weighted by Crippen LogP contribution is -2.11. The fourth-order valence-electron chi connectivity index (χ4n) is 1.85. The molecule has 0 saturated carbocycles. The fraction of sp³-hybridized carbons (Fsp3) is 0.250. The highest BCUT2D eigenvalue weighted by Crippen LogP contribution is 2.28. The van der Waals surface area contributed by atoms with Gasteiger partial charge in [-0.25, -0.2) is 4.98 Å². The van der Waals surface area contributed by atoms with Crippen molar-refractivity contribution in [2.24, 2.45) is 7.05 Å². The van der Waals surface area contributed by atoms with Gasteiger partial charge in [0.1, 0.15) is 10.8 Å². The molecule has 7 heteroatoms. The third-order valence-electron chi connectivity index (χ3n) is 2.77. The maximum atomic E-state index is 10.8. The molecule has 0 spiro atoms. The highest BCUT2D eigenvalue weighted by atomic mass is 35.5. The second kappa shape index (κ2) is 5.27. The summed E-state index contributed by atoms with van der Waals surface area (Å²) in [6, 6.07) is 4.56. The summed E-state index contributed by atoms with van der Waals surface area (Å²) in [6.45, 7) is 1.93. The van der Waals surface area contributed by atoms with Gasteiger partial charge in [-0.2, -0.15) is 0 Å². The minimum atomic E-state index is -0.501. The van der Waals surface area contributed by atoms with E-state index in [2.05, 4.69) is 10.3 Å². The largest absolute Gasteiger partial charge is 0.375 e. The topological polar surface area (TPSA) is 73.0 Å². The Balaban J connectivity index is 2.22. The lowest BCUT2D eigenvalue weighted by molar-refractivity contribution is -0.384. The molecular formula is C12H13ClN4O2. The lowest BCUT2D eigenvalue weighted by atomic mass is 10.2. The van der Waals surface area contributed by atoms with Gasteiger partial charge in [-0.05, 0) is 19.1 Å². The molecule has 1 aromatic carbocycles. The minimum Gasteiger partial charge on any atom is -0.375 e. The number of hydrogen-bond acceptors (Lipinski definition) is 4. The van der Waals surface area contributed by atoms with E-state index in [1.54, 1.807) is 12.3 Å². The molecule has 0 saturated heterocycles. The molecule has 0 radical (unpaired) electrons. The van der Waals surface area contributed by atoms with Crippen LogP contribution in [0.4, 0.5) is 11.4 Å². The number of aromatic nitrogens is 2. The van der Waals surface area contributed by atoms with Gasteiger partial charge in [-0.1, -0.05) is 11.6 Å². The Labute approximate surface area is 115 Å². The number of anilines is 1. The number of nitrogens with one attached hydrogen (secondary N) is 1. The Kier molecular flexibility index (Phi) is 3.71. The molecule has 1 aromatic heterocycles. The first-order valence-electron chi connectivity index (χ1n) is 5.66. The van der Waals surface area contributed by atoms with Gasteiger partial charge in [0, 0.05) is 31.2 Å². The van der Waals surface area contributed by atoms with Gasteiger partial charge in [0.25, 0.3) is 5.69 Å². The molecule has 100 valence electrons. The number of nitrogens with zero attached hydrogens (tertiary/aromatic N) is 3. The van der Waals surface area contributed by atoms with E-state index in [4.69, 9.17) is 11.6 Å². The minimum absolute atomic E-state index is 0.0687. The van der Waals surface area contributed by atoms with E-state index >= 15 is 0 Å². The number of imidazole rings is 1. The highest BCUT2D eigenvalue weighted by Gasteiger charge is 2.15. The molecule has 0 bridgehead atoms. The SMILES string of the molecule is CC(Nc1ccc(Cl)c([N+](=O)[O-])c1)c1nccn1C. The van der Waals surface area contributed by atoms with Crippen LogP contribution in [-0.4, -0.2) is 14.5 Å². The summed E-state index contributed by atoms with van der Waals surface area (Å²) < 4.78 is 1.89. The quantitative estimate of drug-likeness (QED) is 0.690. The van der Waals surface area contributed by atoms with Gasteiger partial charge in [-0.15, -0.1) is 0 Å². The lowest BCUT2D eigenvalue weighted by Gasteiger charge is -2.15. The van der Waals surface area contributed by atoms with Crippen molar-refractivity contribution in [3.05, 3.63) is 51.6 Å². The molecule has 1 heterocycles. The van der Waals surface area contributed by atoms with Crippen molar-refractivity contribution < 1.29 is 4.92 Å². The van der Waals surface area contributed by atoms with Crippen molar-refractivity contribution in [1.82, 2.24) is 9.55 Å². The average molecular weight is 281 g/mol. The Morgan fingerprint density at radius 2 is 2.26 bits per heavy atom. The summed E-state index contributed by atoms with van der Waals surface area (Å²) in [5.41, 5.74) is 0.519. The molecule has 0 aliphatic carbocycles. The highest BCUT2D eigenvalue weighted by molar-refractivity contribution is 6.32. The molecule has 1 N–H and O–H groups in total. The van der Waals surface area contributed by atoms with E-state index in [1.165, 1.54) is 12.1 Å². The van der Waals surface area contributed by atoms with Crippen LogP contribution < -0.4 is 5.32 Å². The van der Waals surface area contributed by atoms with Crippen molar-refractivity contribution >= 4 is 23.0 Å². The normalized spacial score (nSPS) is 12.2. The zero-order valence-corrected chi connectivity index (χ0v) is 11.3. The Hall–Kier alpha value is -2.08. The summed E-state index contributed by atoms with van der Waals surface area (Å²) in [5, 5.41) is 14.1. The average Bonchev–Trinajstić information content (AvgIpc) is 2.77. The van der Waals surface area contributed by atoms with Crippen LogP contribution in [0.5, 0.6) is 0 Å². The van der Waals surface area contributed by atoms with Crippen LogP contribution in [-0.2, 0) is 7.05 Å². The van der Waals surface area contributed by atoms with E-state index in [-0.39, 0.29) is 16.8 Å². The monoisotopic (exact) mass is 280 g/mol. The number of rotatable bonds is 4. The van der Waals surface area contributed by atoms with Crippen molar-refractivity contribution in [2.45, 2.75) is 13.0 Å². The molecule has 1 unspecified atom stereocenters. The molecule has 1 atom stereocenters. The van der Waals surface area contributed by atoms with E-state index < -0.39 is 4.92 Å². The number of nitro benzene ring substituents is 1. The second-order valence-corrected chi connectivity index (χ2v) is 4.59. The maximum Gasteiger partial charge on any atom is 0.289 e. The zero-order valence-electron chi connectivity index (χ0n) is 10.5. The molecule has 19 heavy (non-hydrogen) atoms. The summed E-state index contributed by atoms with van der Waals surface area (Å²) in [4.78, 5) is 14.5. The van der Waals surface area contributed by atoms with Crippen molar-refractivity contribution in [1.29, 1.82) is 0 Å². The Morgan fingerprint density at radius 1 is 1.53 bits per heavy atom. The molecule has 2 rings (SSSR count). The van der Waals surface area contributed by atoms with Gasteiger partial charge in [0.05, 0.1) is 11.0 Å². The molecular weight excluding hydrogens is 268 g/mol. The van der Waals surface area contributed by atoms with Gasteiger partial charge < -0.3 is 9.88 Å². The van der Waals surface area contributed by atoms with E-state index in [0.717, 1.165) is 5.82 Å². The summed E-state index contributed by atoms with van der Waals surface area (Å²) >= 11 is 5.77. The van der Waals surface area contributed by atoms with Crippen LogP contribution in [0.1, 0.15) is 18.8 Å². The van der Waals surface area contributed by atoms with Crippen LogP contribution in [0.15, 0.2) is 30.6 Å². The molecule has 0 amide bonds. The van der Waals surface area contributed by atoms with E-state index in [9.17, 15) is 10.1 Å². The first kappa shape index (κ1) is 13.4. The summed E-state index contributed by atoms with van der Waals surface area (Å²) in [5.74, 6) is 0.845. The van der Waals surface area contributed by atoms with Gasteiger partial charge >= 0.3 is 0 Å². The maximum absolute atomic E-state index is 10.8.